The molecule has 0 aliphatic carbocycles. The van der Waals surface area contributed by atoms with Crippen molar-refractivity contribution in [3.05, 3.63) is 46.4 Å². The smallest absolute Gasteiger partial charge is 0.319 e. The van der Waals surface area contributed by atoms with Crippen molar-refractivity contribution >= 4 is 40.4 Å². The van der Waals surface area contributed by atoms with Gasteiger partial charge in [0.25, 0.3) is 0 Å². The van der Waals surface area contributed by atoms with Gasteiger partial charge < -0.3 is 20.3 Å². The number of nitrogens with two attached hydrogens (primary N) is 1. The number of nitrogens with zero attached hydrogens (tertiary/aromatic N) is 6. The molecule has 2 aromatic heterocycles. The molecular formula is C29H34ClF2N7O2. The molecule has 0 bridgehead atoms. The third kappa shape index (κ3) is 5.78. The van der Waals surface area contributed by atoms with Gasteiger partial charge in [-0.1, -0.05) is 11.6 Å². The number of fused-ring (bicyclic) bond motifs is 1. The number of benzene rings is 1. The summed E-state index contributed by atoms with van der Waals surface area (Å²) in [5, 5.41) is 0.600. The number of ether oxygens (including phenoxy) is 1. The van der Waals surface area contributed by atoms with E-state index in [1.807, 2.05) is 37.6 Å². The normalized spacial score (nSPS) is 21.8. The van der Waals surface area contributed by atoms with Gasteiger partial charge in [0.1, 0.15) is 36.2 Å². The van der Waals surface area contributed by atoms with Crippen LogP contribution in [0.15, 0.2) is 24.4 Å². The summed E-state index contributed by atoms with van der Waals surface area (Å²) < 4.78 is 36.5. The SMILES string of the molecule is Cc1cc(N)nc(-c2c(Cl)cc3c(N4CCN(C=CC=O)C[C@@H]4C)nc(OC[C@@H]4C[C@@H](F)CN4C)nc3c2F)c1C. The van der Waals surface area contributed by atoms with E-state index < -0.39 is 12.0 Å². The lowest BCUT2D eigenvalue weighted by atomic mass is 10.00. The van der Waals surface area contributed by atoms with E-state index in [0.29, 0.717) is 49.5 Å². The number of piperazine rings is 1. The Labute approximate surface area is 242 Å². The van der Waals surface area contributed by atoms with Crippen molar-refractivity contribution in [1.82, 2.24) is 24.8 Å². The number of likely N-dealkylation sites (N-methyl/N-ethyl adjacent to an activating group) is 1. The monoisotopic (exact) mass is 585 g/mol. The number of carbonyl (C=O) groups excluding carboxylic acids is 1. The van der Waals surface area contributed by atoms with E-state index in [9.17, 15) is 9.18 Å². The quantitative estimate of drug-likeness (QED) is 0.321. The first-order chi connectivity index (χ1) is 19.6. The number of aromatic nitrogens is 3. The second kappa shape index (κ2) is 11.7. The number of aldehydes is 1. The van der Waals surface area contributed by atoms with Gasteiger partial charge in [0.15, 0.2) is 5.82 Å². The van der Waals surface area contributed by atoms with Crippen LogP contribution in [0.5, 0.6) is 6.01 Å². The molecule has 3 aromatic rings. The summed E-state index contributed by atoms with van der Waals surface area (Å²) in [6.45, 7) is 8.05. The van der Waals surface area contributed by atoms with Gasteiger partial charge in [-0.25, -0.2) is 13.8 Å². The Morgan fingerprint density at radius 3 is 2.66 bits per heavy atom. The molecule has 2 saturated heterocycles. The van der Waals surface area contributed by atoms with Crippen molar-refractivity contribution in [2.45, 2.75) is 45.4 Å². The molecule has 0 spiro atoms. The molecule has 0 unspecified atom stereocenters. The van der Waals surface area contributed by atoms with Gasteiger partial charge in [-0.05, 0) is 63.6 Å². The lowest BCUT2D eigenvalue weighted by Crippen LogP contribution is -2.50. The van der Waals surface area contributed by atoms with Crippen molar-refractivity contribution < 1.29 is 18.3 Å². The number of rotatable bonds is 7. The first-order valence-corrected chi connectivity index (χ1v) is 14.0. The van der Waals surface area contributed by atoms with Gasteiger partial charge in [-0.2, -0.15) is 9.97 Å². The van der Waals surface area contributed by atoms with Gasteiger partial charge in [0.2, 0.25) is 0 Å². The van der Waals surface area contributed by atoms with Crippen LogP contribution in [0, 0.1) is 19.7 Å². The molecule has 2 aliphatic heterocycles. The fourth-order valence-corrected chi connectivity index (χ4v) is 5.92. The summed E-state index contributed by atoms with van der Waals surface area (Å²) in [5.74, 6) is 0.0947. The third-order valence-corrected chi connectivity index (χ3v) is 8.28. The molecule has 4 heterocycles. The predicted octanol–water partition coefficient (Wildman–Crippen LogP) is 4.33. The zero-order valence-electron chi connectivity index (χ0n) is 23.6. The predicted molar refractivity (Wildman–Crippen MR) is 157 cm³/mol. The van der Waals surface area contributed by atoms with E-state index in [1.54, 1.807) is 18.3 Å². The van der Waals surface area contributed by atoms with E-state index in [0.717, 1.165) is 17.4 Å². The Kier molecular flexibility index (Phi) is 8.28. The second-order valence-corrected chi connectivity index (χ2v) is 11.3. The van der Waals surface area contributed by atoms with Crippen molar-refractivity contribution in [3.63, 3.8) is 0 Å². The van der Waals surface area contributed by atoms with Crippen molar-refractivity contribution in [1.29, 1.82) is 0 Å². The number of halogens is 3. The molecule has 1 aromatic carbocycles. The second-order valence-electron chi connectivity index (χ2n) is 10.9. The molecule has 2 fully saturated rings. The van der Waals surface area contributed by atoms with Gasteiger partial charge in [-0.15, -0.1) is 0 Å². The maximum Gasteiger partial charge on any atom is 0.319 e. The van der Waals surface area contributed by atoms with Crippen LogP contribution in [0.3, 0.4) is 0 Å². The summed E-state index contributed by atoms with van der Waals surface area (Å²) in [4.78, 5) is 30.4. The topological polar surface area (TPSA) is 101 Å². The average Bonchev–Trinajstić information content (AvgIpc) is 3.25. The average molecular weight is 586 g/mol. The largest absolute Gasteiger partial charge is 0.462 e. The number of hydrogen-bond donors (Lipinski definition) is 1. The number of allylic oxidation sites excluding steroid dienone is 1. The number of hydrogen-bond acceptors (Lipinski definition) is 9. The van der Waals surface area contributed by atoms with Crippen molar-refractivity contribution in [3.8, 4) is 17.3 Å². The van der Waals surface area contributed by atoms with E-state index in [2.05, 4.69) is 14.9 Å². The summed E-state index contributed by atoms with van der Waals surface area (Å²) >= 11 is 6.75. The van der Waals surface area contributed by atoms with Crippen LogP contribution in [-0.2, 0) is 4.79 Å². The maximum absolute atomic E-state index is 16.5. The zero-order valence-corrected chi connectivity index (χ0v) is 24.3. The van der Waals surface area contributed by atoms with Gasteiger partial charge >= 0.3 is 6.01 Å². The van der Waals surface area contributed by atoms with E-state index in [1.165, 1.54) is 6.08 Å². The molecule has 0 saturated carbocycles. The summed E-state index contributed by atoms with van der Waals surface area (Å²) in [7, 11) is 1.84. The Bertz CT molecular complexity index is 1500. The van der Waals surface area contributed by atoms with E-state index in [4.69, 9.17) is 27.1 Å². The van der Waals surface area contributed by atoms with Gasteiger partial charge in [0, 0.05) is 49.8 Å². The van der Waals surface area contributed by atoms with Crippen LogP contribution >= 0.6 is 11.6 Å². The standard InChI is InChI=1S/C29H34ClF2N7O2/c1-16-10-23(33)34-26(18(16)3)24-22(30)12-21-27(25(24)32)35-29(41-15-20-11-19(31)14-37(20)4)36-28(21)39-8-7-38(6-5-9-40)13-17(39)2/h5-6,9-10,12,17,19-20H,7-8,11,13-15H2,1-4H3,(H2,33,34)/t17-,19+,20-/m0/s1. The highest BCUT2D eigenvalue weighted by molar-refractivity contribution is 6.34. The Hall–Kier alpha value is -3.57. The van der Waals surface area contributed by atoms with Crippen molar-refractivity contribution in [2.24, 2.45) is 0 Å². The van der Waals surface area contributed by atoms with E-state index in [-0.39, 0.29) is 46.6 Å². The maximum atomic E-state index is 16.5. The lowest BCUT2D eigenvalue weighted by molar-refractivity contribution is -0.104. The van der Waals surface area contributed by atoms with Gasteiger partial charge in [-0.3, -0.25) is 9.69 Å². The van der Waals surface area contributed by atoms with Crippen LogP contribution in [0.2, 0.25) is 5.02 Å². The molecule has 2 N–H and O–H groups in total. The van der Waals surface area contributed by atoms with Crippen LogP contribution in [-0.4, -0.2) is 89.1 Å². The number of pyridine rings is 1. The molecule has 2 aliphatic rings. The van der Waals surface area contributed by atoms with Crippen LogP contribution in [0.1, 0.15) is 24.5 Å². The fourth-order valence-electron chi connectivity index (χ4n) is 5.64. The molecule has 218 valence electrons. The number of nitrogen functional groups attached to an aromatic ring is 1. The number of anilines is 2. The molecule has 12 heteroatoms. The molecular weight excluding hydrogens is 552 g/mol. The first-order valence-electron chi connectivity index (χ1n) is 13.6. The third-order valence-electron chi connectivity index (χ3n) is 7.98. The van der Waals surface area contributed by atoms with Crippen LogP contribution in [0.4, 0.5) is 20.4 Å². The number of carbonyl (C=O) groups is 1. The summed E-state index contributed by atoms with van der Waals surface area (Å²) in [6.07, 6.45) is 3.38. The molecule has 41 heavy (non-hydrogen) atoms. The highest BCUT2D eigenvalue weighted by Crippen LogP contribution is 2.40. The number of alkyl halides is 1. The first kappa shape index (κ1) is 28.9. The molecule has 9 nitrogen and oxygen atoms in total. The fraction of sp³-hybridized carbons (Fsp3) is 0.448. The highest BCUT2D eigenvalue weighted by atomic mass is 35.5. The molecule has 5 rings (SSSR count). The molecule has 0 radical (unpaired) electrons. The number of aryl methyl sites for hydroxylation is 1. The summed E-state index contributed by atoms with van der Waals surface area (Å²) in [6, 6.07) is 3.21. The Balaban J connectivity index is 1.61. The minimum Gasteiger partial charge on any atom is -0.462 e. The van der Waals surface area contributed by atoms with Crippen LogP contribution in [0.25, 0.3) is 22.2 Å². The summed E-state index contributed by atoms with van der Waals surface area (Å²) in [5.41, 5.74) is 8.13. The van der Waals surface area contributed by atoms with Gasteiger partial charge in [0.05, 0.1) is 16.3 Å². The number of likely N-dealkylation sites (tertiary alicyclic amines) is 1. The van der Waals surface area contributed by atoms with E-state index >= 15 is 4.39 Å². The minimum absolute atomic E-state index is 0.000650. The molecule has 0 amide bonds. The lowest BCUT2D eigenvalue weighted by Gasteiger charge is -2.40. The molecule has 3 atom stereocenters. The Morgan fingerprint density at radius 2 is 1.98 bits per heavy atom. The minimum atomic E-state index is -0.924. The zero-order chi connectivity index (χ0) is 29.4. The highest BCUT2D eigenvalue weighted by Gasteiger charge is 2.32. The van der Waals surface area contributed by atoms with Crippen molar-refractivity contribution in [2.75, 3.05) is 50.5 Å². The Morgan fingerprint density at radius 1 is 1.20 bits per heavy atom. The van der Waals surface area contributed by atoms with Crippen LogP contribution < -0.4 is 15.4 Å².